The van der Waals surface area contributed by atoms with Crippen LogP contribution in [0.15, 0.2) is 41.1 Å². The first-order valence-corrected chi connectivity index (χ1v) is 7.68. The minimum Gasteiger partial charge on any atom is -0.481 e. The van der Waals surface area contributed by atoms with Crippen molar-refractivity contribution >= 4 is 11.3 Å². The average molecular weight is 301 g/mol. The molecular formula is C17H19NO2S. The maximum absolute atomic E-state index is 10.4. The highest BCUT2D eigenvalue weighted by Gasteiger charge is 2.22. The van der Waals surface area contributed by atoms with Crippen LogP contribution >= 0.6 is 11.3 Å². The number of hydrogen-bond donors (Lipinski definition) is 2. The first kappa shape index (κ1) is 15.6. The van der Waals surface area contributed by atoms with Crippen molar-refractivity contribution in [3.8, 4) is 18.1 Å². The minimum atomic E-state index is -0.880. The van der Waals surface area contributed by atoms with Crippen LogP contribution in [0.1, 0.15) is 18.1 Å². The zero-order chi connectivity index (χ0) is 15.1. The van der Waals surface area contributed by atoms with Crippen LogP contribution in [0.2, 0.25) is 0 Å². The van der Waals surface area contributed by atoms with Crippen molar-refractivity contribution in [2.75, 3.05) is 13.2 Å². The zero-order valence-electron chi connectivity index (χ0n) is 12.0. The summed E-state index contributed by atoms with van der Waals surface area (Å²) in [5.74, 6) is 3.24. The number of nitrogens with one attached hydrogen (secondary N) is 1. The van der Waals surface area contributed by atoms with Crippen LogP contribution in [0.5, 0.6) is 5.75 Å². The standard InChI is InChI=1S/C17H19NO2S/c1-3-9-20-16-7-5-4-6-14(16)11-18-13-17(2,19)15-8-10-21-12-15/h1,4-8,10,12,18-19H,9,11,13H2,2H3. The molecule has 1 heterocycles. The van der Waals surface area contributed by atoms with Crippen molar-refractivity contribution in [3.63, 3.8) is 0 Å². The van der Waals surface area contributed by atoms with Crippen LogP contribution in [0, 0.1) is 12.3 Å². The number of hydrogen-bond acceptors (Lipinski definition) is 4. The number of terminal acetylenes is 1. The maximum atomic E-state index is 10.4. The van der Waals surface area contributed by atoms with Gasteiger partial charge in [0.1, 0.15) is 12.4 Å². The third-order valence-electron chi connectivity index (χ3n) is 3.21. The fourth-order valence-electron chi connectivity index (χ4n) is 2.02. The quantitative estimate of drug-likeness (QED) is 0.773. The van der Waals surface area contributed by atoms with E-state index < -0.39 is 5.60 Å². The predicted octanol–water partition coefficient (Wildman–Crippen LogP) is 2.76. The Bertz CT molecular complexity index is 600. The van der Waals surface area contributed by atoms with Gasteiger partial charge in [-0.1, -0.05) is 24.1 Å². The molecule has 4 heteroatoms. The molecule has 1 aromatic carbocycles. The smallest absolute Gasteiger partial charge is 0.148 e. The summed E-state index contributed by atoms with van der Waals surface area (Å²) in [6, 6.07) is 9.69. The van der Waals surface area contributed by atoms with Crippen LogP contribution in [0.3, 0.4) is 0 Å². The molecule has 2 N–H and O–H groups in total. The van der Waals surface area contributed by atoms with E-state index in [0.29, 0.717) is 13.1 Å². The Hall–Kier alpha value is -1.80. The van der Waals surface area contributed by atoms with Gasteiger partial charge in [0.2, 0.25) is 0 Å². The number of aliphatic hydroxyl groups is 1. The molecule has 1 atom stereocenters. The van der Waals surface area contributed by atoms with E-state index in [-0.39, 0.29) is 6.61 Å². The van der Waals surface area contributed by atoms with Crippen LogP contribution in [0.25, 0.3) is 0 Å². The highest BCUT2D eigenvalue weighted by Crippen LogP contribution is 2.23. The Morgan fingerprint density at radius 1 is 1.38 bits per heavy atom. The first-order valence-electron chi connectivity index (χ1n) is 6.73. The van der Waals surface area contributed by atoms with E-state index in [1.54, 1.807) is 11.3 Å². The molecule has 0 bridgehead atoms. The van der Waals surface area contributed by atoms with Gasteiger partial charge in [-0.05, 0) is 35.4 Å². The average Bonchev–Trinajstić information content (AvgIpc) is 3.01. The van der Waals surface area contributed by atoms with Crippen LogP contribution in [-0.4, -0.2) is 18.3 Å². The molecule has 0 aliphatic carbocycles. The van der Waals surface area contributed by atoms with Crippen molar-refractivity contribution in [1.29, 1.82) is 0 Å². The van der Waals surface area contributed by atoms with E-state index in [1.165, 1.54) is 0 Å². The van der Waals surface area contributed by atoms with E-state index in [2.05, 4.69) is 11.2 Å². The molecule has 0 saturated carbocycles. The van der Waals surface area contributed by atoms with Crippen molar-refractivity contribution < 1.29 is 9.84 Å². The van der Waals surface area contributed by atoms with Gasteiger partial charge in [-0.3, -0.25) is 0 Å². The van der Waals surface area contributed by atoms with E-state index in [1.807, 2.05) is 48.0 Å². The summed E-state index contributed by atoms with van der Waals surface area (Å²) in [4.78, 5) is 0. The van der Waals surface area contributed by atoms with Crippen molar-refractivity contribution in [2.45, 2.75) is 19.1 Å². The van der Waals surface area contributed by atoms with E-state index in [9.17, 15) is 5.11 Å². The summed E-state index contributed by atoms with van der Waals surface area (Å²) >= 11 is 1.58. The zero-order valence-corrected chi connectivity index (χ0v) is 12.8. The maximum Gasteiger partial charge on any atom is 0.148 e. The summed E-state index contributed by atoms with van der Waals surface area (Å²) in [5, 5.41) is 17.6. The summed E-state index contributed by atoms with van der Waals surface area (Å²) < 4.78 is 5.50. The molecule has 0 aliphatic heterocycles. The molecule has 2 aromatic rings. The van der Waals surface area contributed by atoms with E-state index in [4.69, 9.17) is 11.2 Å². The van der Waals surface area contributed by atoms with Gasteiger partial charge < -0.3 is 15.2 Å². The molecule has 0 radical (unpaired) electrons. The van der Waals surface area contributed by atoms with Crippen LogP contribution < -0.4 is 10.1 Å². The number of para-hydroxylation sites is 1. The van der Waals surface area contributed by atoms with Gasteiger partial charge in [0.05, 0.1) is 5.60 Å². The first-order chi connectivity index (χ1) is 10.1. The van der Waals surface area contributed by atoms with E-state index in [0.717, 1.165) is 16.9 Å². The monoisotopic (exact) mass is 301 g/mol. The number of benzene rings is 1. The molecule has 0 spiro atoms. The molecule has 3 nitrogen and oxygen atoms in total. The van der Waals surface area contributed by atoms with E-state index >= 15 is 0 Å². The van der Waals surface area contributed by atoms with Gasteiger partial charge in [0.15, 0.2) is 0 Å². The second-order valence-electron chi connectivity index (χ2n) is 4.99. The SMILES string of the molecule is C#CCOc1ccccc1CNCC(C)(O)c1ccsc1. The van der Waals surface area contributed by atoms with Gasteiger partial charge >= 0.3 is 0 Å². The summed E-state index contributed by atoms with van der Waals surface area (Å²) in [7, 11) is 0. The Kier molecular flexibility index (Phi) is 5.40. The Morgan fingerprint density at radius 2 is 2.19 bits per heavy atom. The molecule has 2 rings (SSSR count). The third kappa shape index (κ3) is 4.33. The molecule has 0 fully saturated rings. The minimum absolute atomic E-state index is 0.254. The Morgan fingerprint density at radius 3 is 2.90 bits per heavy atom. The normalized spacial score (nSPS) is 13.4. The summed E-state index contributed by atoms with van der Waals surface area (Å²) in [6.45, 7) is 3.14. The van der Waals surface area contributed by atoms with Crippen molar-refractivity contribution in [2.24, 2.45) is 0 Å². The predicted molar refractivity (Wildman–Crippen MR) is 86.4 cm³/mol. The molecule has 1 aromatic heterocycles. The molecular weight excluding hydrogens is 282 g/mol. The Balaban J connectivity index is 1.93. The van der Waals surface area contributed by atoms with Gasteiger partial charge in [-0.15, -0.1) is 6.42 Å². The van der Waals surface area contributed by atoms with Gasteiger partial charge in [-0.25, -0.2) is 0 Å². The highest BCUT2D eigenvalue weighted by molar-refractivity contribution is 7.08. The third-order valence-corrected chi connectivity index (χ3v) is 3.89. The topological polar surface area (TPSA) is 41.5 Å². The molecule has 0 saturated heterocycles. The second-order valence-corrected chi connectivity index (χ2v) is 5.77. The molecule has 110 valence electrons. The highest BCUT2D eigenvalue weighted by atomic mass is 32.1. The molecule has 0 amide bonds. The Labute approximate surface area is 129 Å². The lowest BCUT2D eigenvalue weighted by Gasteiger charge is -2.23. The number of thiophene rings is 1. The largest absolute Gasteiger partial charge is 0.481 e. The molecule has 21 heavy (non-hydrogen) atoms. The second kappa shape index (κ2) is 7.28. The summed E-state index contributed by atoms with van der Waals surface area (Å²) in [5.41, 5.74) is 1.07. The van der Waals surface area contributed by atoms with Crippen LogP contribution in [0.4, 0.5) is 0 Å². The number of ether oxygens (including phenoxy) is 1. The van der Waals surface area contributed by atoms with Crippen LogP contribution in [-0.2, 0) is 12.1 Å². The van der Waals surface area contributed by atoms with Gasteiger partial charge in [0.25, 0.3) is 0 Å². The lowest BCUT2D eigenvalue weighted by atomic mass is 9.99. The van der Waals surface area contributed by atoms with Crippen molar-refractivity contribution in [3.05, 3.63) is 52.2 Å². The fourth-order valence-corrected chi connectivity index (χ4v) is 2.81. The molecule has 1 unspecified atom stereocenters. The number of rotatable bonds is 7. The molecule has 0 aliphatic rings. The van der Waals surface area contributed by atoms with Crippen molar-refractivity contribution in [1.82, 2.24) is 5.32 Å². The lowest BCUT2D eigenvalue weighted by Crippen LogP contribution is -2.34. The lowest BCUT2D eigenvalue weighted by molar-refractivity contribution is 0.0570. The van der Waals surface area contributed by atoms with Gasteiger partial charge in [0, 0.05) is 18.7 Å². The van der Waals surface area contributed by atoms with Gasteiger partial charge in [-0.2, -0.15) is 11.3 Å². The fraction of sp³-hybridized carbons (Fsp3) is 0.294. The summed E-state index contributed by atoms with van der Waals surface area (Å²) in [6.07, 6.45) is 5.22.